The normalized spacial score (nSPS) is 31.8. The van der Waals surface area contributed by atoms with Gasteiger partial charge in [0.05, 0.1) is 0 Å². The summed E-state index contributed by atoms with van der Waals surface area (Å²) < 4.78 is 0. The van der Waals surface area contributed by atoms with Gasteiger partial charge in [0.25, 0.3) is 0 Å². The molecule has 0 saturated heterocycles. The van der Waals surface area contributed by atoms with E-state index >= 15 is 0 Å². The first-order valence-corrected chi connectivity index (χ1v) is 5.45. The lowest BCUT2D eigenvalue weighted by Gasteiger charge is -2.22. The van der Waals surface area contributed by atoms with Crippen LogP contribution >= 0.6 is 0 Å². The molecule has 0 unspecified atom stereocenters. The van der Waals surface area contributed by atoms with Gasteiger partial charge in [0.2, 0.25) is 0 Å². The van der Waals surface area contributed by atoms with Crippen LogP contribution in [0.25, 0.3) is 0 Å². The maximum absolute atomic E-state index is 2.40. The Balaban J connectivity index is 2.24. The van der Waals surface area contributed by atoms with Crippen LogP contribution in [0.2, 0.25) is 25.3 Å². The molecule has 0 aromatic carbocycles. The fraction of sp³-hybridized carbons (Fsp3) is 1.00. The first-order valence-electron chi connectivity index (χ1n) is 5.45. The minimum Gasteiger partial charge on any atom is -0.0917 e. The van der Waals surface area contributed by atoms with Crippen molar-refractivity contribution in [2.24, 2.45) is 0 Å². The molecule has 0 spiro atoms. The second kappa shape index (κ2) is 5.72. The third-order valence-electron chi connectivity index (χ3n) is 3.24. The maximum Gasteiger partial charge on any atom is 0.110 e. The van der Waals surface area contributed by atoms with Crippen molar-refractivity contribution in [2.45, 2.75) is 63.8 Å². The van der Waals surface area contributed by atoms with E-state index in [2.05, 4.69) is 28.2 Å². The van der Waals surface area contributed by atoms with E-state index in [0.717, 1.165) is 11.6 Å². The first-order chi connectivity index (χ1) is 5.86. The van der Waals surface area contributed by atoms with Gasteiger partial charge in [0.1, 0.15) is 14.6 Å². The molecular weight excluding hydrogens is 142 g/mol. The third-order valence-corrected chi connectivity index (χ3v) is 3.24. The van der Waals surface area contributed by atoms with Gasteiger partial charge < -0.3 is 0 Å². The smallest absolute Gasteiger partial charge is 0.0917 e. The van der Waals surface area contributed by atoms with Crippen LogP contribution in [0.15, 0.2) is 0 Å². The van der Waals surface area contributed by atoms with Crippen molar-refractivity contribution in [3.05, 3.63) is 0 Å². The lowest BCUT2D eigenvalue weighted by molar-refractivity contribution is 0.499. The molecule has 66 valence electrons. The predicted molar refractivity (Wildman–Crippen MR) is 58.4 cm³/mol. The molecule has 0 heterocycles. The Morgan fingerprint density at radius 1 is 0.750 bits per heavy atom. The summed E-state index contributed by atoms with van der Waals surface area (Å²) in [5, 5.41) is 0. The average Bonchev–Trinajstić information content (AvgIpc) is 2.05. The number of hydrogen-bond donors (Lipinski definition) is 0. The zero-order valence-electron chi connectivity index (χ0n) is 8.55. The van der Waals surface area contributed by atoms with Crippen molar-refractivity contribution >= 4 is 14.6 Å². The zero-order chi connectivity index (χ0) is 8.81. The summed E-state index contributed by atoms with van der Waals surface area (Å²) in [4.78, 5) is 0. The van der Waals surface area contributed by atoms with Gasteiger partial charge in [-0.1, -0.05) is 63.8 Å². The third kappa shape index (κ3) is 3.25. The number of hydrogen-bond acceptors (Lipinski definition) is 0. The van der Waals surface area contributed by atoms with Crippen molar-refractivity contribution in [3.63, 3.8) is 0 Å². The van der Waals surface area contributed by atoms with Gasteiger partial charge >= 0.3 is 0 Å². The molecule has 0 aromatic rings. The highest BCUT2D eigenvalue weighted by atomic mass is 14.1. The molecule has 1 aliphatic rings. The number of rotatable bonds is 2. The van der Waals surface area contributed by atoms with Crippen molar-refractivity contribution in [1.82, 2.24) is 0 Å². The van der Waals surface area contributed by atoms with E-state index in [1.807, 2.05) is 0 Å². The van der Waals surface area contributed by atoms with Crippen LogP contribution in [0.4, 0.5) is 0 Å². The molecule has 0 bridgehead atoms. The van der Waals surface area contributed by atoms with E-state index in [4.69, 9.17) is 0 Å². The average molecular weight is 162 g/mol. The second-order valence-electron chi connectivity index (χ2n) is 4.05. The van der Waals surface area contributed by atoms with Gasteiger partial charge in [-0.05, 0) is 0 Å². The van der Waals surface area contributed by atoms with Gasteiger partial charge in [-0.3, -0.25) is 0 Å². The summed E-state index contributed by atoms with van der Waals surface area (Å²) >= 11 is 0. The van der Waals surface area contributed by atoms with Crippen molar-refractivity contribution in [1.29, 1.82) is 0 Å². The summed E-state index contributed by atoms with van der Waals surface area (Å²) in [5.41, 5.74) is 0. The molecule has 1 aliphatic carbocycles. The summed E-state index contributed by atoms with van der Waals surface area (Å²) in [6.07, 6.45) is 8.59. The molecular formula is C10H20B2. The van der Waals surface area contributed by atoms with Crippen molar-refractivity contribution < 1.29 is 0 Å². The lowest BCUT2D eigenvalue weighted by atomic mass is 9.57. The summed E-state index contributed by atoms with van der Waals surface area (Å²) in [6.45, 7) is 4.44. The van der Waals surface area contributed by atoms with E-state index < -0.39 is 0 Å². The van der Waals surface area contributed by atoms with Crippen LogP contribution in [0, 0.1) is 0 Å². The SMILES string of the molecule is C[B]C1CCCC([B]C)CCC1. The largest absolute Gasteiger partial charge is 0.110 e. The Morgan fingerprint density at radius 2 is 1.08 bits per heavy atom. The Labute approximate surface area is 79.0 Å². The minimum absolute atomic E-state index is 0.919. The summed E-state index contributed by atoms with van der Waals surface area (Å²) in [6, 6.07) is 0. The molecule has 0 nitrogen and oxygen atoms in total. The summed E-state index contributed by atoms with van der Waals surface area (Å²) in [7, 11) is 4.80. The Hall–Kier alpha value is 0.130. The maximum atomic E-state index is 2.40. The summed E-state index contributed by atoms with van der Waals surface area (Å²) in [5.74, 6) is 1.84. The molecule has 2 radical (unpaired) electrons. The van der Waals surface area contributed by atoms with Gasteiger partial charge in [0.15, 0.2) is 0 Å². The molecule has 0 atom stereocenters. The van der Waals surface area contributed by atoms with Crippen LogP contribution in [0.1, 0.15) is 38.5 Å². The Bertz CT molecular complexity index is 92.4. The predicted octanol–water partition coefficient (Wildman–Crippen LogP) is 3.42. The van der Waals surface area contributed by atoms with Crippen LogP contribution in [0.5, 0.6) is 0 Å². The molecule has 2 heteroatoms. The van der Waals surface area contributed by atoms with Crippen LogP contribution < -0.4 is 0 Å². The molecule has 1 fully saturated rings. The first kappa shape index (κ1) is 10.2. The molecule has 1 saturated carbocycles. The zero-order valence-corrected chi connectivity index (χ0v) is 8.55. The highest BCUT2D eigenvalue weighted by Crippen LogP contribution is 2.31. The fourth-order valence-corrected chi connectivity index (χ4v) is 2.24. The molecule has 0 amide bonds. The topological polar surface area (TPSA) is 0 Å². The standard InChI is InChI=1S/C10H20B2/c1-11-9-5-3-7-10(12-2)8-4-6-9/h9-10H,3-8H2,1-2H3. The molecule has 12 heavy (non-hydrogen) atoms. The Kier molecular flexibility index (Phi) is 4.87. The van der Waals surface area contributed by atoms with Crippen LogP contribution in [-0.2, 0) is 0 Å². The van der Waals surface area contributed by atoms with E-state index in [9.17, 15) is 0 Å². The Morgan fingerprint density at radius 3 is 1.33 bits per heavy atom. The lowest BCUT2D eigenvalue weighted by Crippen LogP contribution is -2.08. The molecule has 0 aliphatic heterocycles. The van der Waals surface area contributed by atoms with E-state index in [1.54, 1.807) is 0 Å². The van der Waals surface area contributed by atoms with E-state index in [0.29, 0.717) is 0 Å². The van der Waals surface area contributed by atoms with Gasteiger partial charge in [-0.2, -0.15) is 0 Å². The highest BCUT2D eigenvalue weighted by Gasteiger charge is 2.14. The van der Waals surface area contributed by atoms with Crippen molar-refractivity contribution in [2.75, 3.05) is 0 Å². The van der Waals surface area contributed by atoms with E-state index in [1.165, 1.54) is 38.5 Å². The fourth-order valence-electron chi connectivity index (χ4n) is 2.24. The monoisotopic (exact) mass is 162 g/mol. The molecule has 0 aromatic heterocycles. The molecule has 1 rings (SSSR count). The highest BCUT2D eigenvalue weighted by molar-refractivity contribution is 6.36. The van der Waals surface area contributed by atoms with Gasteiger partial charge in [0, 0.05) is 0 Å². The van der Waals surface area contributed by atoms with Gasteiger partial charge in [-0.15, -0.1) is 0 Å². The minimum atomic E-state index is 0.919. The van der Waals surface area contributed by atoms with E-state index in [-0.39, 0.29) is 0 Å². The van der Waals surface area contributed by atoms with Crippen LogP contribution in [0.3, 0.4) is 0 Å². The van der Waals surface area contributed by atoms with Gasteiger partial charge in [-0.25, -0.2) is 0 Å². The molecule has 0 N–H and O–H groups in total. The van der Waals surface area contributed by atoms with Crippen molar-refractivity contribution in [3.8, 4) is 0 Å². The second-order valence-corrected chi connectivity index (χ2v) is 4.05. The van der Waals surface area contributed by atoms with Crippen LogP contribution in [-0.4, -0.2) is 14.6 Å². The quantitative estimate of drug-likeness (QED) is 0.545.